The fourth-order valence-electron chi connectivity index (χ4n) is 2.49. The zero-order valence-electron chi connectivity index (χ0n) is 12.9. The fraction of sp³-hybridized carbons (Fsp3) is 0.389. The number of aromatic nitrogens is 1. The molecular formula is C18H24N+. The second-order valence-electron chi connectivity index (χ2n) is 6.43. The predicted molar refractivity (Wildman–Crippen MR) is 81.2 cm³/mol. The highest BCUT2D eigenvalue weighted by Crippen LogP contribution is 2.29. The molecule has 2 aromatic rings. The third kappa shape index (κ3) is 2.70. The Morgan fingerprint density at radius 3 is 2.21 bits per heavy atom. The summed E-state index contributed by atoms with van der Waals surface area (Å²) in [6.45, 7) is 11.2. The van der Waals surface area contributed by atoms with Crippen molar-refractivity contribution in [3.05, 3.63) is 53.2 Å². The molecular weight excluding hydrogens is 230 g/mol. The lowest BCUT2D eigenvalue weighted by Crippen LogP contribution is -2.31. The van der Waals surface area contributed by atoms with Gasteiger partial charge in [0.1, 0.15) is 7.05 Å². The van der Waals surface area contributed by atoms with Gasteiger partial charge in [-0.3, -0.25) is 0 Å². The summed E-state index contributed by atoms with van der Waals surface area (Å²) < 4.78 is 2.21. The van der Waals surface area contributed by atoms with Gasteiger partial charge in [-0.2, -0.15) is 0 Å². The fourth-order valence-corrected chi connectivity index (χ4v) is 2.49. The molecule has 0 N–H and O–H groups in total. The maximum Gasteiger partial charge on any atom is 0.215 e. The number of pyridine rings is 1. The first-order valence-electron chi connectivity index (χ1n) is 6.87. The molecule has 1 aromatic carbocycles. The molecule has 0 fully saturated rings. The second kappa shape index (κ2) is 4.80. The molecule has 0 unspecified atom stereocenters. The van der Waals surface area contributed by atoms with Gasteiger partial charge in [0.2, 0.25) is 5.69 Å². The summed E-state index contributed by atoms with van der Waals surface area (Å²) in [5.74, 6) is 0. The predicted octanol–water partition coefficient (Wildman–Crippen LogP) is 4.09. The lowest BCUT2D eigenvalue weighted by Gasteiger charge is -2.20. The monoisotopic (exact) mass is 254 g/mol. The van der Waals surface area contributed by atoms with Crippen LogP contribution in [0.2, 0.25) is 0 Å². The van der Waals surface area contributed by atoms with Gasteiger partial charge in [-0.25, -0.2) is 4.57 Å². The Labute approximate surface area is 116 Å². The van der Waals surface area contributed by atoms with E-state index in [4.69, 9.17) is 0 Å². The summed E-state index contributed by atoms with van der Waals surface area (Å²) in [6, 6.07) is 11.1. The Balaban J connectivity index is 2.69. The van der Waals surface area contributed by atoms with Crippen LogP contribution in [0.3, 0.4) is 0 Å². The van der Waals surface area contributed by atoms with E-state index >= 15 is 0 Å². The van der Waals surface area contributed by atoms with Crippen molar-refractivity contribution >= 4 is 0 Å². The third-order valence-electron chi connectivity index (χ3n) is 3.74. The smallest absolute Gasteiger partial charge is 0.201 e. The van der Waals surface area contributed by atoms with Crippen molar-refractivity contribution in [3.63, 3.8) is 0 Å². The molecule has 0 saturated heterocycles. The number of aryl methyl sites for hydroxylation is 3. The van der Waals surface area contributed by atoms with Crippen LogP contribution in [-0.4, -0.2) is 0 Å². The standard InChI is InChI=1S/C18H24N/c1-13-9-10-15(18(3,4)5)12-16(13)17-14(2)8-7-11-19(17)6/h7-12H,1-6H3/q+1. The van der Waals surface area contributed by atoms with Crippen LogP contribution in [0.4, 0.5) is 0 Å². The molecule has 100 valence electrons. The molecule has 0 aliphatic heterocycles. The van der Waals surface area contributed by atoms with Crippen LogP contribution in [0.25, 0.3) is 11.3 Å². The van der Waals surface area contributed by atoms with E-state index < -0.39 is 0 Å². The molecule has 0 saturated carbocycles. The number of hydrogen-bond acceptors (Lipinski definition) is 0. The Kier molecular flexibility index (Phi) is 3.49. The molecule has 0 aliphatic carbocycles. The molecule has 2 rings (SSSR count). The largest absolute Gasteiger partial charge is 0.215 e. The van der Waals surface area contributed by atoms with E-state index in [1.54, 1.807) is 0 Å². The van der Waals surface area contributed by atoms with Crippen molar-refractivity contribution in [3.8, 4) is 11.3 Å². The Morgan fingerprint density at radius 2 is 1.63 bits per heavy atom. The minimum Gasteiger partial charge on any atom is -0.201 e. The van der Waals surface area contributed by atoms with Crippen molar-refractivity contribution in [2.24, 2.45) is 7.05 Å². The highest BCUT2D eigenvalue weighted by atomic mass is 14.9. The Morgan fingerprint density at radius 1 is 0.947 bits per heavy atom. The van der Waals surface area contributed by atoms with E-state index in [1.807, 2.05) is 0 Å². The van der Waals surface area contributed by atoms with Crippen LogP contribution < -0.4 is 4.57 Å². The molecule has 0 spiro atoms. The van der Waals surface area contributed by atoms with Crippen molar-refractivity contribution in [2.45, 2.75) is 40.0 Å². The molecule has 0 aliphatic rings. The third-order valence-corrected chi connectivity index (χ3v) is 3.74. The first-order chi connectivity index (χ1) is 8.80. The zero-order valence-corrected chi connectivity index (χ0v) is 12.9. The lowest BCUT2D eigenvalue weighted by molar-refractivity contribution is -0.660. The molecule has 0 atom stereocenters. The summed E-state index contributed by atoms with van der Waals surface area (Å²) in [6.07, 6.45) is 2.12. The van der Waals surface area contributed by atoms with Crippen LogP contribution in [0.1, 0.15) is 37.5 Å². The van der Waals surface area contributed by atoms with Gasteiger partial charge in [0.05, 0.1) is 0 Å². The van der Waals surface area contributed by atoms with E-state index in [0.29, 0.717) is 0 Å². The van der Waals surface area contributed by atoms with Gasteiger partial charge in [-0.15, -0.1) is 0 Å². The second-order valence-corrected chi connectivity index (χ2v) is 6.43. The SMILES string of the molecule is Cc1ccc(C(C)(C)C)cc1-c1c(C)ccc[n+]1C. The highest BCUT2D eigenvalue weighted by molar-refractivity contribution is 5.65. The van der Waals surface area contributed by atoms with Gasteiger partial charge >= 0.3 is 0 Å². The average Bonchev–Trinajstić information content (AvgIpc) is 2.29. The Bertz CT molecular complexity index is 583. The van der Waals surface area contributed by atoms with Crippen LogP contribution >= 0.6 is 0 Å². The van der Waals surface area contributed by atoms with E-state index in [0.717, 1.165) is 0 Å². The molecule has 1 aromatic heterocycles. The van der Waals surface area contributed by atoms with E-state index in [2.05, 4.69) is 82.8 Å². The van der Waals surface area contributed by atoms with Crippen LogP contribution in [-0.2, 0) is 12.5 Å². The van der Waals surface area contributed by atoms with Gasteiger partial charge in [0.15, 0.2) is 6.20 Å². The topological polar surface area (TPSA) is 3.88 Å². The number of benzene rings is 1. The maximum absolute atomic E-state index is 2.34. The summed E-state index contributed by atoms with van der Waals surface area (Å²) in [7, 11) is 2.12. The molecule has 1 heterocycles. The number of rotatable bonds is 1. The maximum atomic E-state index is 2.34. The molecule has 19 heavy (non-hydrogen) atoms. The van der Waals surface area contributed by atoms with Crippen molar-refractivity contribution in [1.82, 2.24) is 0 Å². The average molecular weight is 254 g/mol. The molecule has 0 radical (unpaired) electrons. The molecule has 0 amide bonds. The summed E-state index contributed by atoms with van der Waals surface area (Å²) in [5.41, 5.74) is 6.87. The minimum absolute atomic E-state index is 0.184. The summed E-state index contributed by atoms with van der Waals surface area (Å²) in [4.78, 5) is 0. The molecule has 0 bridgehead atoms. The zero-order chi connectivity index (χ0) is 14.2. The van der Waals surface area contributed by atoms with Crippen molar-refractivity contribution in [2.75, 3.05) is 0 Å². The van der Waals surface area contributed by atoms with Crippen molar-refractivity contribution < 1.29 is 4.57 Å². The molecule has 1 nitrogen and oxygen atoms in total. The molecule has 1 heteroatoms. The summed E-state index contributed by atoms with van der Waals surface area (Å²) >= 11 is 0. The highest BCUT2D eigenvalue weighted by Gasteiger charge is 2.19. The first kappa shape index (κ1) is 13.8. The van der Waals surface area contributed by atoms with Gasteiger partial charge in [0.25, 0.3) is 0 Å². The lowest BCUT2D eigenvalue weighted by atomic mass is 9.84. The van der Waals surface area contributed by atoms with Gasteiger partial charge in [0, 0.05) is 17.2 Å². The quantitative estimate of drug-likeness (QED) is 0.675. The van der Waals surface area contributed by atoms with Crippen molar-refractivity contribution in [1.29, 1.82) is 0 Å². The minimum atomic E-state index is 0.184. The Hall–Kier alpha value is -1.63. The van der Waals surface area contributed by atoms with Crippen LogP contribution in [0.15, 0.2) is 36.5 Å². The van der Waals surface area contributed by atoms with E-state index in [9.17, 15) is 0 Å². The van der Waals surface area contributed by atoms with Gasteiger partial charge in [-0.05, 0) is 42.5 Å². The first-order valence-corrected chi connectivity index (χ1v) is 6.87. The van der Waals surface area contributed by atoms with E-state index in [-0.39, 0.29) is 5.41 Å². The summed E-state index contributed by atoms with van der Waals surface area (Å²) in [5, 5.41) is 0. The van der Waals surface area contributed by atoms with Crippen LogP contribution in [0, 0.1) is 13.8 Å². The number of hydrogen-bond donors (Lipinski definition) is 0. The normalized spacial score (nSPS) is 11.7. The number of nitrogens with zero attached hydrogens (tertiary/aromatic N) is 1. The van der Waals surface area contributed by atoms with Gasteiger partial charge in [-0.1, -0.05) is 32.9 Å². The van der Waals surface area contributed by atoms with Crippen LogP contribution in [0.5, 0.6) is 0 Å². The van der Waals surface area contributed by atoms with Gasteiger partial charge < -0.3 is 0 Å². The van der Waals surface area contributed by atoms with E-state index in [1.165, 1.54) is 27.9 Å².